The molecule has 98 valence electrons. The zero-order valence-corrected chi connectivity index (χ0v) is 11.9. The smallest absolute Gasteiger partial charge is 0.248 e. The third-order valence-corrected chi connectivity index (χ3v) is 3.81. The maximum absolute atomic E-state index is 5.68. The van der Waals surface area contributed by atoms with Gasteiger partial charge in [0, 0.05) is 10.5 Å². The Bertz CT molecular complexity index is 586. The van der Waals surface area contributed by atoms with Gasteiger partial charge in [-0.2, -0.15) is 0 Å². The summed E-state index contributed by atoms with van der Waals surface area (Å²) in [5.74, 6) is 1.17. The van der Waals surface area contributed by atoms with Gasteiger partial charge in [-0.1, -0.05) is 24.3 Å². The van der Waals surface area contributed by atoms with Crippen LogP contribution in [0, 0.1) is 0 Å². The monoisotopic (exact) mass is 319 g/mol. The van der Waals surface area contributed by atoms with Gasteiger partial charge in [-0.05, 0) is 40.9 Å². The highest BCUT2D eigenvalue weighted by molar-refractivity contribution is 9.10. The zero-order chi connectivity index (χ0) is 13.1. The third kappa shape index (κ3) is 2.93. The summed E-state index contributed by atoms with van der Waals surface area (Å²) < 4.78 is 6.63. The molecule has 1 aliphatic rings. The molecule has 1 aliphatic carbocycles. The van der Waals surface area contributed by atoms with Crippen LogP contribution in [-0.4, -0.2) is 16.2 Å². The number of hydrogen-bond donors (Lipinski definition) is 1. The van der Waals surface area contributed by atoms with Crippen LogP contribution in [0.15, 0.2) is 45.3 Å². The Balaban J connectivity index is 1.67. The molecule has 1 aromatic carbocycles. The van der Waals surface area contributed by atoms with Gasteiger partial charge in [-0.3, -0.25) is 0 Å². The first kappa shape index (κ1) is 12.6. The van der Waals surface area contributed by atoms with Gasteiger partial charge in [0.2, 0.25) is 11.8 Å². The highest BCUT2D eigenvalue weighted by Crippen LogP contribution is 2.26. The average Bonchev–Trinajstić information content (AvgIpc) is 3.08. The van der Waals surface area contributed by atoms with Crippen LogP contribution in [0.5, 0.6) is 0 Å². The second-order valence-corrected chi connectivity index (χ2v) is 5.36. The molecular formula is C14H14BrN3O. The Morgan fingerprint density at radius 2 is 2.00 bits per heavy atom. The lowest BCUT2D eigenvalue weighted by Crippen LogP contribution is -2.25. The van der Waals surface area contributed by atoms with Gasteiger partial charge >= 0.3 is 0 Å². The summed E-state index contributed by atoms with van der Waals surface area (Å²) >= 11 is 3.48. The van der Waals surface area contributed by atoms with Crippen molar-refractivity contribution in [1.82, 2.24) is 15.5 Å². The number of benzene rings is 1. The van der Waals surface area contributed by atoms with Crippen molar-refractivity contribution in [3.63, 3.8) is 0 Å². The van der Waals surface area contributed by atoms with Crippen molar-refractivity contribution >= 4 is 15.9 Å². The molecule has 0 amide bonds. The van der Waals surface area contributed by atoms with E-state index in [1.54, 1.807) is 0 Å². The van der Waals surface area contributed by atoms with Gasteiger partial charge in [0.15, 0.2) is 0 Å². The van der Waals surface area contributed by atoms with Crippen LogP contribution < -0.4 is 5.32 Å². The highest BCUT2D eigenvalue weighted by atomic mass is 79.9. The van der Waals surface area contributed by atoms with E-state index in [0.29, 0.717) is 24.4 Å². The minimum Gasteiger partial charge on any atom is -0.419 e. The van der Waals surface area contributed by atoms with Crippen LogP contribution in [0.1, 0.15) is 18.7 Å². The summed E-state index contributed by atoms with van der Waals surface area (Å²) in [6.45, 7) is 0.615. The molecule has 4 nitrogen and oxygen atoms in total. The maximum atomic E-state index is 5.68. The lowest BCUT2D eigenvalue weighted by molar-refractivity contribution is 0.445. The highest BCUT2D eigenvalue weighted by Gasteiger charge is 2.13. The Labute approximate surface area is 120 Å². The summed E-state index contributed by atoms with van der Waals surface area (Å²) in [6.07, 6.45) is 6.53. The summed E-state index contributed by atoms with van der Waals surface area (Å²) in [6, 6.07) is 8.32. The summed E-state index contributed by atoms with van der Waals surface area (Å²) in [7, 11) is 0. The molecule has 2 aromatic rings. The lowest BCUT2D eigenvalue weighted by atomic mass is 10.2. The van der Waals surface area contributed by atoms with Crippen molar-refractivity contribution in [1.29, 1.82) is 0 Å². The summed E-state index contributed by atoms with van der Waals surface area (Å²) in [5.41, 5.74) is 0.920. The standard InChI is InChI=1S/C14H14BrN3O/c15-12-8-4-3-7-11(12)14-18-17-13(19-14)9-16-10-5-1-2-6-10/h1-4,7-8,10,16H,5-6,9H2. The average molecular weight is 320 g/mol. The fraction of sp³-hybridized carbons (Fsp3) is 0.286. The number of nitrogens with one attached hydrogen (secondary N) is 1. The number of hydrogen-bond acceptors (Lipinski definition) is 4. The predicted molar refractivity (Wildman–Crippen MR) is 76.4 cm³/mol. The first-order valence-electron chi connectivity index (χ1n) is 6.28. The topological polar surface area (TPSA) is 51.0 Å². The van der Waals surface area contributed by atoms with Gasteiger partial charge < -0.3 is 9.73 Å². The normalized spacial score (nSPS) is 15.2. The summed E-state index contributed by atoms with van der Waals surface area (Å²) in [5, 5.41) is 11.6. The molecule has 0 saturated carbocycles. The molecular weight excluding hydrogens is 306 g/mol. The minimum absolute atomic E-state index is 0.499. The SMILES string of the molecule is Brc1ccccc1-c1nnc(CNC2CC=CC2)o1. The number of aromatic nitrogens is 2. The van der Waals surface area contributed by atoms with Crippen molar-refractivity contribution in [3.05, 3.63) is 46.8 Å². The third-order valence-electron chi connectivity index (χ3n) is 3.12. The van der Waals surface area contributed by atoms with Gasteiger partial charge in [0.25, 0.3) is 0 Å². The van der Waals surface area contributed by atoms with E-state index in [0.717, 1.165) is 22.9 Å². The number of rotatable bonds is 4. The second kappa shape index (κ2) is 5.67. The molecule has 0 unspecified atom stereocenters. The molecule has 19 heavy (non-hydrogen) atoms. The van der Waals surface area contributed by atoms with Crippen molar-refractivity contribution in [2.75, 3.05) is 0 Å². The first-order valence-corrected chi connectivity index (χ1v) is 7.08. The van der Waals surface area contributed by atoms with E-state index in [1.807, 2.05) is 24.3 Å². The predicted octanol–water partition coefficient (Wildman–Crippen LogP) is 3.31. The van der Waals surface area contributed by atoms with Crippen molar-refractivity contribution in [2.24, 2.45) is 0 Å². The molecule has 0 atom stereocenters. The van der Waals surface area contributed by atoms with E-state index in [1.165, 1.54) is 0 Å². The van der Waals surface area contributed by atoms with Crippen LogP contribution in [0.25, 0.3) is 11.5 Å². The van der Waals surface area contributed by atoms with E-state index >= 15 is 0 Å². The molecule has 1 N–H and O–H groups in total. The van der Waals surface area contributed by atoms with Crippen molar-refractivity contribution in [2.45, 2.75) is 25.4 Å². The van der Waals surface area contributed by atoms with Gasteiger partial charge in [-0.25, -0.2) is 0 Å². The molecule has 0 spiro atoms. The van der Waals surface area contributed by atoms with Gasteiger partial charge in [-0.15, -0.1) is 10.2 Å². The van der Waals surface area contributed by atoms with E-state index in [2.05, 4.69) is 43.6 Å². The summed E-state index contributed by atoms with van der Waals surface area (Å²) in [4.78, 5) is 0. The van der Waals surface area contributed by atoms with Crippen LogP contribution in [-0.2, 0) is 6.54 Å². The van der Waals surface area contributed by atoms with E-state index in [4.69, 9.17) is 4.42 Å². The van der Waals surface area contributed by atoms with Gasteiger partial charge in [0.1, 0.15) is 0 Å². The Kier molecular flexibility index (Phi) is 3.75. The molecule has 0 radical (unpaired) electrons. The maximum Gasteiger partial charge on any atom is 0.248 e. The zero-order valence-electron chi connectivity index (χ0n) is 10.3. The Morgan fingerprint density at radius 1 is 1.21 bits per heavy atom. The van der Waals surface area contributed by atoms with Crippen LogP contribution in [0.2, 0.25) is 0 Å². The Morgan fingerprint density at radius 3 is 2.79 bits per heavy atom. The van der Waals surface area contributed by atoms with E-state index in [9.17, 15) is 0 Å². The first-order chi connectivity index (χ1) is 9.33. The van der Waals surface area contributed by atoms with E-state index < -0.39 is 0 Å². The van der Waals surface area contributed by atoms with E-state index in [-0.39, 0.29) is 0 Å². The number of nitrogens with zero attached hydrogens (tertiary/aromatic N) is 2. The molecule has 3 rings (SSSR count). The number of halogens is 1. The van der Waals surface area contributed by atoms with Crippen molar-refractivity contribution in [3.8, 4) is 11.5 Å². The molecule has 1 heterocycles. The molecule has 5 heteroatoms. The largest absolute Gasteiger partial charge is 0.419 e. The minimum atomic E-state index is 0.499. The quantitative estimate of drug-likeness (QED) is 0.878. The molecule has 0 aliphatic heterocycles. The fourth-order valence-electron chi connectivity index (χ4n) is 2.08. The van der Waals surface area contributed by atoms with Crippen LogP contribution >= 0.6 is 15.9 Å². The van der Waals surface area contributed by atoms with Crippen LogP contribution in [0.4, 0.5) is 0 Å². The molecule has 0 fully saturated rings. The fourth-order valence-corrected chi connectivity index (χ4v) is 2.54. The molecule has 0 saturated heterocycles. The van der Waals surface area contributed by atoms with Crippen molar-refractivity contribution < 1.29 is 4.42 Å². The lowest BCUT2D eigenvalue weighted by Gasteiger charge is -2.08. The molecule has 1 aromatic heterocycles. The van der Waals surface area contributed by atoms with Gasteiger partial charge in [0.05, 0.1) is 12.1 Å². The second-order valence-electron chi connectivity index (χ2n) is 4.50. The molecule has 0 bridgehead atoms. The Hall–Kier alpha value is -1.46. The van der Waals surface area contributed by atoms with Crippen LogP contribution in [0.3, 0.4) is 0 Å².